The van der Waals surface area contributed by atoms with Crippen molar-refractivity contribution in [3.63, 3.8) is 0 Å². The van der Waals surface area contributed by atoms with Crippen molar-refractivity contribution in [1.29, 1.82) is 0 Å². The third-order valence-corrected chi connectivity index (χ3v) is 3.62. The fourth-order valence-electron chi connectivity index (χ4n) is 2.36. The van der Waals surface area contributed by atoms with Gasteiger partial charge in [0, 0.05) is 12.3 Å². The molecule has 2 aromatic heterocycles. The van der Waals surface area contributed by atoms with Crippen molar-refractivity contribution in [2.45, 2.75) is 12.5 Å². The first-order valence-corrected chi connectivity index (χ1v) is 7.99. The third kappa shape index (κ3) is 4.79. The first kappa shape index (κ1) is 21.0. The topological polar surface area (TPSA) is 95.1 Å². The number of carbonyl (C=O) groups excluding carboxylic acids is 1. The summed E-state index contributed by atoms with van der Waals surface area (Å²) >= 11 is 0. The van der Waals surface area contributed by atoms with Crippen LogP contribution in [0.1, 0.15) is 16.1 Å². The number of aromatic nitrogens is 3. The van der Waals surface area contributed by atoms with E-state index in [1.165, 1.54) is 18.2 Å². The Morgan fingerprint density at radius 2 is 1.77 bits per heavy atom. The SMILES string of the molecule is Nc1cc(C(=O)Nc2ccc(C(F)(F)F)cn2)nn1-c1ccccc1OC(F)(F)F. The molecule has 3 aromatic rings. The van der Waals surface area contributed by atoms with Crippen LogP contribution in [0.2, 0.25) is 0 Å². The number of benzene rings is 1. The largest absolute Gasteiger partial charge is 0.573 e. The second-order valence-electron chi connectivity index (χ2n) is 5.77. The fraction of sp³-hybridized carbons (Fsp3) is 0.118. The zero-order valence-corrected chi connectivity index (χ0v) is 14.6. The van der Waals surface area contributed by atoms with Gasteiger partial charge in [-0.3, -0.25) is 4.79 Å². The van der Waals surface area contributed by atoms with Crippen LogP contribution < -0.4 is 15.8 Å². The van der Waals surface area contributed by atoms with Crippen molar-refractivity contribution in [3.05, 3.63) is 59.9 Å². The van der Waals surface area contributed by atoms with Gasteiger partial charge in [-0.1, -0.05) is 12.1 Å². The highest BCUT2D eigenvalue weighted by Gasteiger charge is 2.33. The van der Waals surface area contributed by atoms with E-state index in [1.807, 2.05) is 0 Å². The Morgan fingerprint density at radius 1 is 1.07 bits per heavy atom. The lowest BCUT2D eigenvalue weighted by Crippen LogP contribution is -2.19. The first-order chi connectivity index (χ1) is 13.9. The third-order valence-electron chi connectivity index (χ3n) is 3.62. The van der Waals surface area contributed by atoms with Crippen molar-refractivity contribution in [1.82, 2.24) is 14.8 Å². The van der Waals surface area contributed by atoms with Gasteiger partial charge in [0.2, 0.25) is 0 Å². The molecule has 158 valence electrons. The van der Waals surface area contributed by atoms with Gasteiger partial charge in [-0.2, -0.15) is 18.3 Å². The number of hydrogen-bond donors (Lipinski definition) is 2. The van der Waals surface area contributed by atoms with Gasteiger partial charge in [0.15, 0.2) is 11.4 Å². The molecule has 0 aliphatic carbocycles. The molecule has 0 aliphatic heterocycles. The van der Waals surface area contributed by atoms with Gasteiger partial charge in [0.25, 0.3) is 5.91 Å². The molecule has 1 aromatic carbocycles. The number of carbonyl (C=O) groups is 1. The van der Waals surface area contributed by atoms with Gasteiger partial charge in [-0.05, 0) is 24.3 Å². The van der Waals surface area contributed by atoms with Gasteiger partial charge in [0.1, 0.15) is 17.3 Å². The van der Waals surface area contributed by atoms with E-state index in [9.17, 15) is 31.1 Å². The van der Waals surface area contributed by atoms with Crippen LogP contribution in [0.5, 0.6) is 5.75 Å². The maximum Gasteiger partial charge on any atom is 0.573 e. The van der Waals surface area contributed by atoms with E-state index in [1.54, 1.807) is 0 Å². The van der Waals surface area contributed by atoms with Crippen LogP contribution in [-0.4, -0.2) is 27.0 Å². The number of nitrogens with one attached hydrogen (secondary N) is 1. The van der Waals surface area contributed by atoms with Crippen LogP contribution >= 0.6 is 0 Å². The Morgan fingerprint density at radius 3 is 2.37 bits per heavy atom. The molecule has 3 rings (SSSR count). The number of alkyl halides is 6. The zero-order valence-electron chi connectivity index (χ0n) is 14.6. The molecule has 0 atom stereocenters. The molecule has 0 fully saturated rings. The van der Waals surface area contributed by atoms with Gasteiger partial charge in [-0.25, -0.2) is 9.67 Å². The summed E-state index contributed by atoms with van der Waals surface area (Å²) in [4.78, 5) is 15.8. The average Bonchev–Trinajstić information content (AvgIpc) is 3.02. The molecule has 30 heavy (non-hydrogen) atoms. The second-order valence-corrected chi connectivity index (χ2v) is 5.77. The average molecular weight is 431 g/mol. The molecular weight excluding hydrogens is 420 g/mol. The number of para-hydroxylation sites is 2. The summed E-state index contributed by atoms with van der Waals surface area (Å²) in [5.41, 5.74) is 4.25. The Balaban J connectivity index is 1.84. The molecule has 0 aliphatic rings. The zero-order chi connectivity index (χ0) is 22.1. The van der Waals surface area contributed by atoms with Crippen LogP contribution in [0.3, 0.4) is 0 Å². The molecule has 0 spiro atoms. The molecule has 0 saturated heterocycles. The highest BCUT2D eigenvalue weighted by atomic mass is 19.4. The molecular formula is C17H11F6N5O2. The van der Waals surface area contributed by atoms with E-state index in [0.717, 1.165) is 28.9 Å². The summed E-state index contributed by atoms with van der Waals surface area (Å²) in [6.45, 7) is 0. The van der Waals surface area contributed by atoms with Crippen LogP contribution in [0.4, 0.5) is 38.0 Å². The van der Waals surface area contributed by atoms with Crippen LogP contribution in [0.15, 0.2) is 48.7 Å². The number of nitrogens with zero attached hydrogens (tertiary/aromatic N) is 3. The summed E-state index contributed by atoms with van der Waals surface area (Å²) in [7, 11) is 0. The number of amides is 1. The number of hydrogen-bond acceptors (Lipinski definition) is 5. The Labute approximate surface area is 164 Å². The molecule has 2 heterocycles. The highest BCUT2D eigenvalue weighted by Crippen LogP contribution is 2.31. The minimum atomic E-state index is -4.97. The van der Waals surface area contributed by atoms with Crippen LogP contribution in [-0.2, 0) is 6.18 Å². The van der Waals surface area contributed by atoms with E-state index >= 15 is 0 Å². The lowest BCUT2D eigenvalue weighted by Gasteiger charge is -2.13. The van der Waals surface area contributed by atoms with E-state index in [2.05, 4.69) is 20.1 Å². The smallest absolute Gasteiger partial charge is 0.403 e. The first-order valence-electron chi connectivity index (χ1n) is 7.99. The number of nitrogens with two attached hydrogens (primary N) is 1. The fourth-order valence-corrected chi connectivity index (χ4v) is 2.36. The lowest BCUT2D eigenvalue weighted by molar-refractivity contribution is -0.274. The summed E-state index contributed by atoms with van der Waals surface area (Å²) < 4.78 is 80.2. The van der Waals surface area contributed by atoms with E-state index in [4.69, 9.17) is 5.73 Å². The quantitative estimate of drug-likeness (QED) is 0.609. The van der Waals surface area contributed by atoms with Crippen molar-refractivity contribution in [2.75, 3.05) is 11.1 Å². The predicted octanol–water partition coefficient (Wildman–Crippen LogP) is 4.02. The number of ether oxygens (including phenoxy) is 1. The number of pyridine rings is 1. The number of anilines is 2. The molecule has 7 nitrogen and oxygen atoms in total. The molecule has 0 saturated carbocycles. The Kier molecular flexibility index (Phi) is 5.29. The number of nitrogen functional groups attached to an aromatic ring is 1. The lowest BCUT2D eigenvalue weighted by atomic mass is 10.3. The summed E-state index contributed by atoms with van der Waals surface area (Å²) in [5.74, 6) is -1.86. The second kappa shape index (κ2) is 7.57. The van der Waals surface area contributed by atoms with Gasteiger partial charge in [-0.15, -0.1) is 13.2 Å². The highest BCUT2D eigenvalue weighted by molar-refractivity contribution is 6.02. The van der Waals surface area contributed by atoms with E-state index < -0.39 is 29.8 Å². The van der Waals surface area contributed by atoms with Crippen molar-refractivity contribution < 1.29 is 35.9 Å². The summed E-state index contributed by atoms with van der Waals surface area (Å²) in [5, 5.41) is 6.07. The summed E-state index contributed by atoms with van der Waals surface area (Å²) in [6, 6.07) is 7.72. The molecule has 0 radical (unpaired) electrons. The van der Waals surface area contributed by atoms with Gasteiger partial charge in [0.05, 0.1) is 5.56 Å². The maximum absolute atomic E-state index is 12.6. The maximum atomic E-state index is 12.6. The summed E-state index contributed by atoms with van der Waals surface area (Å²) in [6.07, 6.45) is -9.02. The Bertz CT molecular complexity index is 1060. The number of rotatable bonds is 4. The molecule has 0 unspecified atom stereocenters. The minimum absolute atomic E-state index is 0.181. The standard InChI is InChI=1S/C17H11F6N5O2/c18-16(19,20)9-5-6-14(25-8-9)26-15(29)10-7-13(24)28(27-10)11-3-1-2-4-12(11)30-17(21,22)23/h1-8H,24H2,(H,25,26,29). The predicted molar refractivity (Wildman–Crippen MR) is 91.9 cm³/mol. The van der Waals surface area contributed by atoms with Crippen LogP contribution in [0, 0.1) is 0 Å². The Hall–Kier alpha value is -3.77. The molecule has 13 heteroatoms. The molecule has 0 bridgehead atoms. The van der Waals surface area contributed by atoms with E-state index in [0.29, 0.717) is 6.20 Å². The van der Waals surface area contributed by atoms with Crippen molar-refractivity contribution in [3.8, 4) is 11.4 Å². The molecule has 3 N–H and O–H groups in total. The van der Waals surface area contributed by atoms with Gasteiger partial charge < -0.3 is 15.8 Å². The van der Waals surface area contributed by atoms with Crippen molar-refractivity contribution in [2.24, 2.45) is 0 Å². The minimum Gasteiger partial charge on any atom is -0.403 e. The van der Waals surface area contributed by atoms with Crippen molar-refractivity contribution >= 4 is 17.5 Å². The van der Waals surface area contributed by atoms with E-state index in [-0.39, 0.29) is 23.0 Å². The normalized spacial score (nSPS) is 11.9. The van der Waals surface area contributed by atoms with Crippen LogP contribution in [0.25, 0.3) is 5.69 Å². The molecule has 1 amide bonds. The monoisotopic (exact) mass is 431 g/mol. The van der Waals surface area contributed by atoms with Gasteiger partial charge >= 0.3 is 12.5 Å². The number of halogens is 6.